The molecule has 0 amide bonds. The van der Waals surface area contributed by atoms with Gasteiger partial charge in [-0.05, 0) is 6.92 Å². The second-order valence-corrected chi connectivity index (χ2v) is 4.02. The molecule has 0 aliphatic carbocycles. The Hall–Kier alpha value is -0.660. The number of esters is 1. The van der Waals surface area contributed by atoms with Gasteiger partial charge in [-0.15, -0.1) is 28.3 Å². The highest BCUT2D eigenvalue weighted by Gasteiger charge is 2.10. The molecule has 0 bridgehead atoms. The highest BCUT2D eigenvalue weighted by molar-refractivity contribution is 8.93. The fourth-order valence-corrected chi connectivity index (χ4v) is 2.10. The number of carbonyl (C=O) groups excluding carboxylic acids is 1. The highest BCUT2D eigenvalue weighted by Crippen LogP contribution is 2.04. The largest absolute Gasteiger partial charge is 0.466 e. The summed E-state index contributed by atoms with van der Waals surface area (Å²) in [5.74, 6) is -0.258. The van der Waals surface area contributed by atoms with Crippen LogP contribution in [0.2, 0.25) is 0 Å². The second kappa shape index (κ2) is 8.43. The van der Waals surface area contributed by atoms with E-state index in [1.165, 1.54) is 11.3 Å². The number of rotatable bonds is 6. The molecular weight excluding hydrogens is 308 g/mol. The molecule has 5 nitrogen and oxygen atoms in total. The van der Waals surface area contributed by atoms with E-state index in [-0.39, 0.29) is 29.4 Å². The summed E-state index contributed by atoms with van der Waals surface area (Å²) in [7, 11) is 1.61. The summed E-state index contributed by atoms with van der Waals surface area (Å²) in [5.41, 5.74) is 0.811. The minimum absolute atomic E-state index is 0. The van der Waals surface area contributed by atoms with Crippen molar-refractivity contribution in [2.45, 2.75) is 19.9 Å². The Morgan fingerprint density at radius 2 is 2.29 bits per heavy atom. The zero-order valence-corrected chi connectivity index (χ0v) is 12.4. The van der Waals surface area contributed by atoms with Gasteiger partial charge in [0.15, 0.2) is 4.80 Å². The number of nitrogens with one attached hydrogen (secondary N) is 1. The first kappa shape index (κ1) is 16.3. The molecule has 0 saturated heterocycles. The summed E-state index contributed by atoms with van der Waals surface area (Å²) < 4.78 is 11.6. The van der Waals surface area contributed by atoms with E-state index >= 15 is 0 Å². The number of hydrogen-bond donors (Lipinski definition) is 1. The summed E-state index contributed by atoms with van der Waals surface area (Å²) in [6.07, 6.45) is 0.215. The van der Waals surface area contributed by atoms with E-state index in [1.54, 1.807) is 18.6 Å². The number of halogens is 1. The topological polar surface area (TPSA) is 64.3 Å². The van der Waals surface area contributed by atoms with Gasteiger partial charge in [-0.25, -0.2) is 0 Å². The third-order valence-electron chi connectivity index (χ3n) is 2.05. The van der Waals surface area contributed by atoms with Gasteiger partial charge >= 0.3 is 5.97 Å². The van der Waals surface area contributed by atoms with Crippen molar-refractivity contribution in [1.82, 2.24) is 4.57 Å². The second-order valence-electron chi connectivity index (χ2n) is 3.16. The van der Waals surface area contributed by atoms with Crippen molar-refractivity contribution in [2.24, 2.45) is 0 Å². The summed E-state index contributed by atoms with van der Waals surface area (Å²) in [6.45, 7) is 3.28. The molecule has 0 radical (unpaired) electrons. The average Bonchev–Trinajstić information content (AvgIpc) is 2.57. The van der Waals surface area contributed by atoms with Crippen LogP contribution in [0.15, 0.2) is 5.38 Å². The van der Waals surface area contributed by atoms with Gasteiger partial charge in [0.2, 0.25) is 0 Å². The molecule has 0 aromatic carbocycles. The van der Waals surface area contributed by atoms with Crippen molar-refractivity contribution in [3.8, 4) is 0 Å². The van der Waals surface area contributed by atoms with Crippen molar-refractivity contribution in [2.75, 3.05) is 20.3 Å². The van der Waals surface area contributed by atoms with Crippen LogP contribution in [0.1, 0.15) is 12.6 Å². The molecule has 98 valence electrons. The molecule has 1 heterocycles. The van der Waals surface area contributed by atoms with E-state index in [1.807, 2.05) is 5.38 Å². The van der Waals surface area contributed by atoms with Crippen LogP contribution >= 0.6 is 28.3 Å². The zero-order valence-electron chi connectivity index (χ0n) is 9.89. The van der Waals surface area contributed by atoms with E-state index in [4.69, 9.17) is 14.9 Å². The van der Waals surface area contributed by atoms with E-state index in [0.717, 1.165) is 5.69 Å². The number of hydrogen-bond acceptors (Lipinski definition) is 5. The molecule has 0 fully saturated rings. The first-order valence-corrected chi connectivity index (χ1v) is 5.93. The smallest absolute Gasteiger partial charge is 0.311 e. The maximum atomic E-state index is 11.3. The number of methoxy groups -OCH3 is 1. The fourth-order valence-electron chi connectivity index (χ4n) is 1.31. The van der Waals surface area contributed by atoms with E-state index in [0.29, 0.717) is 24.6 Å². The molecule has 7 heteroatoms. The minimum Gasteiger partial charge on any atom is -0.466 e. The van der Waals surface area contributed by atoms with Crippen LogP contribution in [0.25, 0.3) is 0 Å². The highest BCUT2D eigenvalue weighted by atomic mass is 79.9. The molecular formula is C10H17BrN2O3S. The normalized spacial score (nSPS) is 9.76. The summed E-state index contributed by atoms with van der Waals surface area (Å²) in [4.78, 5) is 11.8. The van der Waals surface area contributed by atoms with Gasteiger partial charge in [0, 0.05) is 24.7 Å². The summed E-state index contributed by atoms with van der Waals surface area (Å²) in [5, 5.41) is 9.50. The molecule has 0 spiro atoms. The quantitative estimate of drug-likeness (QED) is 0.803. The summed E-state index contributed by atoms with van der Waals surface area (Å²) in [6, 6.07) is 0. The Bertz CT molecular complexity index is 403. The lowest BCUT2D eigenvalue weighted by atomic mass is 10.3. The fraction of sp³-hybridized carbons (Fsp3) is 0.600. The Morgan fingerprint density at radius 3 is 2.88 bits per heavy atom. The van der Waals surface area contributed by atoms with Crippen molar-refractivity contribution in [3.63, 3.8) is 0 Å². The van der Waals surface area contributed by atoms with Gasteiger partial charge in [-0.1, -0.05) is 0 Å². The van der Waals surface area contributed by atoms with Crippen LogP contribution in [-0.4, -0.2) is 30.9 Å². The van der Waals surface area contributed by atoms with E-state index in [9.17, 15) is 4.79 Å². The number of nitrogens with zero attached hydrogens (tertiary/aromatic N) is 1. The van der Waals surface area contributed by atoms with Crippen molar-refractivity contribution in [1.29, 1.82) is 5.41 Å². The zero-order chi connectivity index (χ0) is 12.0. The number of aromatic nitrogens is 1. The molecule has 0 aliphatic heterocycles. The van der Waals surface area contributed by atoms with Crippen molar-refractivity contribution < 1.29 is 14.3 Å². The van der Waals surface area contributed by atoms with Crippen LogP contribution in [0, 0.1) is 5.41 Å². The van der Waals surface area contributed by atoms with E-state index < -0.39 is 0 Å². The molecule has 1 aromatic heterocycles. The minimum atomic E-state index is -0.258. The van der Waals surface area contributed by atoms with Crippen molar-refractivity contribution >= 4 is 34.3 Å². The summed E-state index contributed by atoms with van der Waals surface area (Å²) >= 11 is 1.31. The lowest BCUT2D eigenvalue weighted by Crippen LogP contribution is -2.21. The molecule has 0 atom stereocenters. The van der Waals surface area contributed by atoms with Crippen LogP contribution in [0.4, 0.5) is 0 Å². The molecule has 0 unspecified atom stereocenters. The SMILES string of the molecule is Br.CCOC(=O)Cc1csc(=N)n1CCOC. The molecule has 1 aromatic rings. The van der Waals surface area contributed by atoms with Crippen molar-refractivity contribution in [3.05, 3.63) is 15.9 Å². The van der Waals surface area contributed by atoms with Gasteiger partial charge in [-0.2, -0.15) is 0 Å². The van der Waals surface area contributed by atoms with Gasteiger partial charge in [0.25, 0.3) is 0 Å². The van der Waals surface area contributed by atoms with Crippen LogP contribution in [0.5, 0.6) is 0 Å². The maximum absolute atomic E-state index is 11.3. The monoisotopic (exact) mass is 324 g/mol. The Labute approximate surface area is 115 Å². The third kappa shape index (κ3) is 5.01. The Morgan fingerprint density at radius 1 is 1.59 bits per heavy atom. The van der Waals surface area contributed by atoms with E-state index in [2.05, 4.69) is 0 Å². The Balaban J connectivity index is 0.00000256. The lowest BCUT2D eigenvalue weighted by molar-refractivity contribution is -0.142. The first-order chi connectivity index (χ1) is 7.69. The number of ether oxygens (including phenoxy) is 2. The molecule has 0 aliphatic rings. The standard InChI is InChI=1S/C10H16N2O3S.BrH/c1-3-15-9(13)6-8-7-16-10(11)12(8)4-5-14-2;/h7,11H,3-6H2,1-2H3;1H. The van der Waals surface area contributed by atoms with Gasteiger partial charge in [0.1, 0.15) is 0 Å². The molecule has 0 saturated carbocycles. The predicted octanol–water partition coefficient (Wildman–Crippen LogP) is 1.36. The first-order valence-electron chi connectivity index (χ1n) is 5.05. The number of thiazole rings is 1. The lowest BCUT2D eigenvalue weighted by Gasteiger charge is -2.07. The third-order valence-corrected chi connectivity index (χ3v) is 2.88. The van der Waals surface area contributed by atoms with Gasteiger partial charge in [-0.3, -0.25) is 10.2 Å². The van der Waals surface area contributed by atoms with Gasteiger partial charge in [0.05, 0.1) is 19.6 Å². The predicted molar refractivity (Wildman–Crippen MR) is 70.7 cm³/mol. The maximum Gasteiger partial charge on any atom is 0.311 e. The Kier molecular flexibility index (Phi) is 8.11. The number of carbonyl (C=O) groups is 1. The van der Waals surface area contributed by atoms with Crippen LogP contribution < -0.4 is 4.80 Å². The van der Waals surface area contributed by atoms with Crippen LogP contribution in [-0.2, 0) is 27.2 Å². The van der Waals surface area contributed by atoms with Crippen LogP contribution in [0.3, 0.4) is 0 Å². The molecule has 1 N–H and O–H groups in total. The average molecular weight is 325 g/mol. The van der Waals surface area contributed by atoms with Gasteiger partial charge < -0.3 is 14.0 Å². The molecule has 17 heavy (non-hydrogen) atoms. The molecule has 1 rings (SSSR count).